The Labute approximate surface area is 151 Å². The quantitative estimate of drug-likeness (QED) is 0.875. The van der Waals surface area contributed by atoms with Crippen molar-refractivity contribution in [2.24, 2.45) is 11.3 Å². The lowest BCUT2D eigenvalue weighted by molar-refractivity contribution is -0.121. The number of hydrogen-bond acceptors (Lipinski definition) is 2. The molecule has 0 radical (unpaired) electrons. The molecule has 0 bridgehead atoms. The molecular formula is C20H31N3O2. The van der Waals surface area contributed by atoms with Crippen LogP contribution < -0.4 is 10.6 Å². The van der Waals surface area contributed by atoms with Gasteiger partial charge < -0.3 is 15.5 Å². The molecule has 0 spiro atoms. The first-order valence-electron chi connectivity index (χ1n) is 9.01. The molecule has 25 heavy (non-hydrogen) atoms. The maximum absolute atomic E-state index is 12.4. The second-order valence-corrected chi connectivity index (χ2v) is 8.38. The van der Waals surface area contributed by atoms with Gasteiger partial charge in [0.25, 0.3) is 0 Å². The molecular weight excluding hydrogens is 314 g/mol. The standard InChI is InChI=1S/C20H31N3O2/c1-14-9-17(13-20(2,3)12-14)21-18(24)11-15-7-6-8-16(10-15)22-19(25)23(4)5/h6-8,10,14,17H,9,11-13H2,1-5H3,(H,21,24)(H,22,25). The fourth-order valence-corrected chi connectivity index (χ4v) is 3.91. The van der Waals surface area contributed by atoms with Gasteiger partial charge in [-0.15, -0.1) is 0 Å². The van der Waals surface area contributed by atoms with Crippen LogP contribution in [0.4, 0.5) is 10.5 Å². The van der Waals surface area contributed by atoms with Crippen LogP contribution in [0.25, 0.3) is 0 Å². The van der Waals surface area contributed by atoms with E-state index in [9.17, 15) is 9.59 Å². The number of nitrogens with zero attached hydrogens (tertiary/aromatic N) is 1. The van der Waals surface area contributed by atoms with Gasteiger partial charge in [-0.2, -0.15) is 0 Å². The molecule has 0 aliphatic heterocycles. The van der Waals surface area contributed by atoms with E-state index in [-0.39, 0.29) is 23.4 Å². The van der Waals surface area contributed by atoms with Crippen molar-refractivity contribution in [3.63, 3.8) is 0 Å². The summed E-state index contributed by atoms with van der Waals surface area (Å²) < 4.78 is 0. The predicted molar refractivity (Wildman–Crippen MR) is 102 cm³/mol. The summed E-state index contributed by atoms with van der Waals surface area (Å²) in [5.74, 6) is 0.685. The van der Waals surface area contributed by atoms with Gasteiger partial charge in [0.2, 0.25) is 5.91 Å². The molecule has 1 aliphatic rings. The van der Waals surface area contributed by atoms with Gasteiger partial charge in [-0.25, -0.2) is 4.79 Å². The molecule has 2 atom stereocenters. The molecule has 1 aromatic carbocycles. The van der Waals surface area contributed by atoms with E-state index in [1.807, 2.05) is 24.3 Å². The van der Waals surface area contributed by atoms with Crippen molar-refractivity contribution in [1.82, 2.24) is 10.2 Å². The summed E-state index contributed by atoms with van der Waals surface area (Å²) in [5, 5.41) is 6.01. The predicted octanol–water partition coefficient (Wildman–Crippen LogP) is 3.65. The molecule has 2 unspecified atom stereocenters. The van der Waals surface area contributed by atoms with Gasteiger partial charge in [-0.05, 0) is 48.3 Å². The van der Waals surface area contributed by atoms with Crippen LogP contribution in [0.3, 0.4) is 0 Å². The highest BCUT2D eigenvalue weighted by Gasteiger charge is 2.32. The maximum atomic E-state index is 12.4. The van der Waals surface area contributed by atoms with Crippen LogP contribution in [0.2, 0.25) is 0 Å². The largest absolute Gasteiger partial charge is 0.353 e. The minimum Gasteiger partial charge on any atom is -0.353 e. The Kier molecular flexibility index (Phi) is 6.09. The molecule has 2 N–H and O–H groups in total. The van der Waals surface area contributed by atoms with Crippen LogP contribution in [0, 0.1) is 11.3 Å². The van der Waals surface area contributed by atoms with Crippen molar-refractivity contribution in [3.05, 3.63) is 29.8 Å². The lowest BCUT2D eigenvalue weighted by Crippen LogP contribution is -2.43. The normalized spacial score (nSPS) is 22.1. The number of amides is 3. The monoisotopic (exact) mass is 345 g/mol. The molecule has 3 amide bonds. The van der Waals surface area contributed by atoms with Crippen molar-refractivity contribution in [3.8, 4) is 0 Å². The number of carbonyl (C=O) groups is 2. The Morgan fingerprint density at radius 2 is 1.96 bits per heavy atom. The van der Waals surface area contributed by atoms with Gasteiger partial charge in [0.05, 0.1) is 6.42 Å². The van der Waals surface area contributed by atoms with Crippen LogP contribution in [0.15, 0.2) is 24.3 Å². The smallest absolute Gasteiger partial charge is 0.321 e. The van der Waals surface area contributed by atoms with E-state index in [0.29, 0.717) is 18.0 Å². The van der Waals surface area contributed by atoms with Gasteiger partial charge in [0.15, 0.2) is 0 Å². The van der Waals surface area contributed by atoms with E-state index >= 15 is 0 Å². The Balaban J connectivity index is 1.93. The summed E-state index contributed by atoms with van der Waals surface area (Å²) in [7, 11) is 3.39. The van der Waals surface area contributed by atoms with Gasteiger partial charge >= 0.3 is 6.03 Å². The lowest BCUT2D eigenvalue weighted by atomic mass is 9.70. The molecule has 2 rings (SSSR count). The van der Waals surface area contributed by atoms with E-state index < -0.39 is 0 Å². The summed E-state index contributed by atoms with van der Waals surface area (Å²) in [6.45, 7) is 6.81. The highest BCUT2D eigenvalue weighted by atomic mass is 16.2. The fraction of sp³-hybridized carbons (Fsp3) is 0.600. The van der Waals surface area contributed by atoms with Crippen molar-refractivity contribution in [1.29, 1.82) is 0 Å². The van der Waals surface area contributed by atoms with Crippen molar-refractivity contribution < 1.29 is 9.59 Å². The molecule has 1 fully saturated rings. The number of rotatable bonds is 4. The zero-order chi connectivity index (χ0) is 18.6. The first-order valence-corrected chi connectivity index (χ1v) is 9.01. The Morgan fingerprint density at radius 3 is 2.60 bits per heavy atom. The minimum atomic E-state index is -0.181. The van der Waals surface area contributed by atoms with E-state index in [1.54, 1.807) is 14.1 Å². The molecule has 0 saturated heterocycles. The van der Waals surface area contributed by atoms with Crippen molar-refractivity contribution >= 4 is 17.6 Å². The van der Waals surface area contributed by atoms with Gasteiger partial charge in [-0.1, -0.05) is 32.9 Å². The van der Waals surface area contributed by atoms with Crippen LogP contribution in [0.5, 0.6) is 0 Å². The van der Waals surface area contributed by atoms with Crippen LogP contribution in [-0.4, -0.2) is 37.0 Å². The Hall–Kier alpha value is -2.04. The van der Waals surface area contributed by atoms with E-state index in [0.717, 1.165) is 18.4 Å². The second-order valence-electron chi connectivity index (χ2n) is 8.38. The first-order chi connectivity index (χ1) is 11.6. The minimum absolute atomic E-state index is 0.0472. The van der Waals surface area contributed by atoms with E-state index in [4.69, 9.17) is 0 Å². The first kappa shape index (κ1) is 19.3. The third kappa shape index (κ3) is 6.07. The third-order valence-corrected chi connectivity index (χ3v) is 4.70. The number of hydrogen-bond donors (Lipinski definition) is 2. The molecule has 1 aliphatic carbocycles. The Bertz CT molecular complexity index is 625. The van der Waals surface area contributed by atoms with Crippen molar-refractivity contribution in [2.75, 3.05) is 19.4 Å². The van der Waals surface area contributed by atoms with E-state index in [2.05, 4.69) is 31.4 Å². The summed E-state index contributed by atoms with van der Waals surface area (Å²) in [6.07, 6.45) is 3.63. The molecule has 1 aromatic rings. The third-order valence-electron chi connectivity index (χ3n) is 4.70. The number of nitrogens with one attached hydrogen (secondary N) is 2. The molecule has 1 saturated carbocycles. The van der Waals surface area contributed by atoms with Crippen LogP contribution in [0.1, 0.15) is 45.6 Å². The summed E-state index contributed by atoms with van der Waals surface area (Å²) in [6, 6.07) is 7.53. The number of anilines is 1. The van der Waals surface area contributed by atoms with Gasteiger partial charge in [0.1, 0.15) is 0 Å². The highest BCUT2D eigenvalue weighted by Crippen LogP contribution is 2.38. The molecule has 5 nitrogen and oxygen atoms in total. The maximum Gasteiger partial charge on any atom is 0.321 e. The lowest BCUT2D eigenvalue weighted by Gasteiger charge is -2.39. The zero-order valence-electron chi connectivity index (χ0n) is 16.1. The average Bonchev–Trinajstić information content (AvgIpc) is 2.44. The Morgan fingerprint density at radius 1 is 1.24 bits per heavy atom. The molecule has 0 aromatic heterocycles. The van der Waals surface area contributed by atoms with Crippen LogP contribution >= 0.6 is 0 Å². The SMILES string of the molecule is CC1CC(NC(=O)Cc2cccc(NC(=O)N(C)C)c2)CC(C)(C)C1. The van der Waals surface area contributed by atoms with Gasteiger partial charge in [0, 0.05) is 25.8 Å². The van der Waals surface area contributed by atoms with Crippen LogP contribution in [-0.2, 0) is 11.2 Å². The highest BCUT2D eigenvalue weighted by molar-refractivity contribution is 5.89. The number of benzene rings is 1. The number of carbonyl (C=O) groups excluding carboxylic acids is 2. The van der Waals surface area contributed by atoms with Crippen molar-refractivity contribution in [2.45, 2.75) is 52.5 Å². The molecule has 138 valence electrons. The average molecular weight is 345 g/mol. The van der Waals surface area contributed by atoms with Gasteiger partial charge in [-0.3, -0.25) is 4.79 Å². The van der Waals surface area contributed by atoms with E-state index in [1.165, 1.54) is 11.3 Å². The molecule has 0 heterocycles. The second kappa shape index (κ2) is 7.89. The number of urea groups is 1. The fourth-order valence-electron chi connectivity index (χ4n) is 3.91. The summed E-state index contributed by atoms with van der Waals surface area (Å²) in [5.41, 5.74) is 1.89. The molecule has 5 heteroatoms. The summed E-state index contributed by atoms with van der Waals surface area (Å²) >= 11 is 0. The summed E-state index contributed by atoms with van der Waals surface area (Å²) in [4.78, 5) is 25.6. The topological polar surface area (TPSA) is 61.4 Å². The zero-order valence-corrected chi connectivity index (χ0v) is 16.1.